The average molecular weight is 349 g/mol. The molecule has 1 atom stereocenters. The lowest BCUT2D eigenvalue weighted by Gasteiger charge is -2.12. The molecule has 1 aromatic carbocycles. The van der Waals surface area contributed by atoms with Gasteiger partial charge in [0.05, 0.1) is 19.6 Å². The highest BCUT2D eigenvalue weighted by Crippen LogP contribution is 2.18. The number of unbranched alkanes of at least 4 members (excludes halogenated alkanes) is 1. The van der Waals surface area contributed by atoms with E-state index in [9.17, 15) is 14.4 Å². The molecule has 1 N–H and O–H groups in total. The summed E-state index contributed by atoms with van der Waals surface area (Å²) in [6.45, 7) is 4.08. The van der Waals surface area contributed by atoms with Gasteiger partial charge in [0.15, 0.2) is 0 Å². The molecule has 0 aromatic heterocycles. The maximum Gasteiger partial charge on any atom is 0.411 e. The first kappa shape index (κ1) is 20.7. The van der Waals surface area contributed by atoms with Crippen LogP contribution in [0.3, 0.4) is 0 Å². The number of anilines is 1. The van der Waals surface area contributed by atoms with Crippen molar-refractivity contribution < 1.29 is 23.9 Å². The van der Waals surface area contributed by atoms with Crippen molar-refractivity contribution in [2.45, 2.75) is 46.0 Å². The maximum absolute atomic E-state index is 12.0. The first-order valence-electron chi connectivity index (χ1n) is 8.59. The highest BCUT2D eigenvalue weighted by Gasteiger charge is 2.17. The van der Waals surface area contributed by atoms with Gasteiger partial charge in [-0.25, -0.2) is 4.79 Å². The normalized spacial score (nSPS) is 11.5. The summed E-state index contributed by atoms with van der Waals surface area (Å²) in [7, 11) is 1.31. The van der Waals surface area contributed by atoms with Crippen LogP contribution in [0.15, 0.2) is 24.3 Å². The lowest BCUT2D eigenvalue weighted by Crippen LogP contribution is -2.18. The molecule has 0 spiro atoms. The molecule has 1 aromatic rings. The number of esters is 1. The first-order chi connectivity index (χ1) is 12.0. The van der Waals surface area contributed by atoms with Crippen molar-refractivity contribution >= 4 is 23.5 Å². The molecule has 0 aliphatic rings. The predicted molar refractivity (Wildman–Crippen MR) is 95.4 cm³/mol. The van der Waals surface area contributed by atoms with Crippen molar-refractivity contribution in [3.05, 3.63) is 29.8 Å². The van der Waals surface area contributed by atoms with Crippen LogP contribution in [-0.4, -0.2) is 31.6 Å². The number of rotatable bonds is 10. The molecule has 1 amide bonds. The minimum atomic E-state index is -0.494. The number of ketones is 1. The number of amides is 1. The zero-order valence-corrected chi connectivity index (χ0v) is 15.2. The summed E-state index contributed by atoms with van der Waals surface area (Å²) < 4.78 is 9.72. The highest BCUT2D eigenvalue weighted by atomic mass is 16.5. The van der Waals surface area contributed by atoms with E-state index in [4.69, 9.17) is 4.74 Å². The van der Waals surface area contributed by atoms with Crippen LogP contribution in [0, 0.1) is 5.92 Å². The van der Waals surface area contributed by atoms with Crippen molar-refractivity contribution in [2.24, 2.45) is 5.92 Å². The van der Waals surface area contributed by atoms with E-state index in [0.717, 1.165) is 18.4 Å². The molecule has 0 fully saturated rings. The third-order valence-electron chi connectivity index (χ3n) is 3.80. The van der Waals surface area contributed by atoms with E-state index in [-0.39, 0.29) is 18.2 Å². The maximum atomic E-state index is 12.0. The Labute approximate surface area is 148 Å². The number of carbonyl (C=O) groups is 3. The van der Waals surface area contributed by atoms with Crippen LogP contribution >= 0.6 is 0 Å². The van der Waals surface area contributed by atoms with Crippen LogP contribution < -0.4 is 5.32 Å². The molecule has 0 heterocycles. The molecule has 1 rings (SSSR count). The summed E-state index contributed by atoms with van der Waals surface area (Å²) in [5.41, 5.74) is 1.49. The van der Waals surface area contributed by atoms with E-state index in [1.807, 2.05) is 25.1 Å². The second kappa shape index (κ2) is 11.2. The summed E-state index contributed by atoms with van der Waals surface area (Å²) >= 11 is 0. The Balaban J connectivity index is 2.55. The van der Waals surface area contributed by atoms with E-state index in [1.54, 1.807) is 13.0 Å². The number of para-hydroxylation sites is 1. The van der Waals surface area contributed by atoms with Crippen LogP contribution in [-0.2, 0) is 25.5 Å². The van der Waals surface area contributed by atoms with Gasteiger partial charge in [-0.1, -0.05) is 38.5 Å². The van der Waals surface area contributed by atoms with E-state index >= 15 is 0 Å². The molecular weight excluding hydrogens is 322 g/mol. The van der Waals surface area contributed by atoms with Crippen LogP contribution in [0.2, 0.25) is 0 Å². The number of hydrogen-bond donors (Lipinski definition) is 1. The Morgan fingerprint density at radius 1 is 1.20 bits per heavy atom. The van der Waals surface area contributed by atoms with Gasteiger partial charge in [-0.15, -0.1) is 0 Å². The van der Waals surface area contributed by atoms with Gasteiger partial charge in [-0.05, 0) is 24.5 Å². The van der Waals surface area contributed by atoms with Gasteiger partial charge in [0.2, 0.25) is 0 Å². The second-order valence-corrected chi connectivity index (χ2v) is 5.94. The van der Waals surface area contributed by atoms with E-state index in [2.05, 4.69) is 10.1 Å². The molecule has 0 unspecified atom stereocenters. The van der Waals surface area contributed by atoms with Gasteiger partial charge in [0, 0.05) is 18.5 Å². The Morgan fingerprint density at radius 2 is 1.92 bits per heavy atom. The third kappa shape index (κ3) is 7.83. The van der Waals surface area contributed by atoms with Crippen molar-refractivity contribution in [1.29, 1.82) is 0 Å². The Kier molecular flexibility index (Phi) is 9.29. The standard InChI is InChI=1S/C19H27NO5/c1-4-5-12-25-19(23)20-17-9-7-6-8-15(17)10-11-16(21)13-14(2)18(22)24-3/h6-9,14H,4-5,10-13H2,1-3H3,(H,20,23)/t14-/m1/s1. The zero-order valence-electron chi connectivity index (χ0n) is 15.2. The van der Waals surface area contributed by atoms with Gasteiger partial charge in [-0.3, -0.25) is 14.9 Å². The molecule has 0 aliphatic carbocycles. The van der Waals surface area contributed by atoms with Crippen LogP contribution in [0.1, 0.15) is 45.1 Å². The lowest BCUT2D eigenvalue weighted by atomic mass is 9.99. The van der Waals surface area contributed by atoms with Crippen molar-refractivity contribution in [3.8, 4) is 0 Å². The number of methoxy groups -OCH3 is 1. The molecule has 6 nitrogen and oxygen atoms in total. The van der Waals surface area contributed by atoms with E-state index in [1.165, 1.54) is 7.11 Å². The summed E-state index contributed by atoms with van der Waals surface area (Å²) in [6, 6.07) is 7.30. The largest absolute Gasteiger partial charge is 0.469 e. The van der Waals surface area contributed by atoms with Crippen LogP contribution in [0.25, 0.3) is 0 Å². The van der Waals surface area contributed by atoms with E-state index < -0.39 is 12.0 Å². The molecule has 0 aliphatic heterocycles. The summed E-state index contributed by atoms with van der Waals surface area (Å²) in [4.78, 5) is 35.2. The predicted octanol–water partition coefficient (Wildman–Crippen LogP) is 3.74. The molecular formula is C19H27NO5. The summed E-state index contributed by atoms with van der Waals surface area (Å²) in [5, 5.41) is 2.71. The summed E-state index contributed by atoms with van der Waals surface area (Å²) in [5.74, 6) is -0.845. The van der Waals surface area contributed by atoms with E-state index in [0.29, 0.717) is 25.1 Å². The monoisotopic (exact) mass is 349 g/mol. The van der Waals surface area contributed by atoms with Crippen molar-refractivity contribution in [1.82, 2.24) is 0 Å². The topological polar surface area (TPSA) is 81.7 Å². The number of hydrogen-bond acceptors (Lipinski definition) is 5. The minimum Gasteiger partial charge on any atom is -0.469 e. The number of aryl methyl sites for hydroxylation is 1. The molecule has 6 heteroatoms. The van der Waals surface area contributed by atoms with Crippen LogP contribution in [0.5, 0.6) is 0 Å². The third-order valence-corrected chi connectivity index (χ3v) is 3.80. The summed E-state index contributed by atoms with van der Waals surface area (Å²) in [6.07, 6.45) is 2.22. The SMILES string of the molecule is CCCCOC(=O)Nc1ccccc1CCC(=O)C[C@@H](C)C(=O)OC. The van der Waals surface area contributed by atoms with Crippen molar-refractivity contribution in [2.75, 3.05) is 19.0 Å². The fraction of sp³-hybridized carbons (Fsp3) is 0.526. The first-order valence-corrected chi connectivity index (χ1v) is 8.59. The Morgan fingerprint density at radius 3 is 2.60 bits per heavy atom. The highest BCUT2D eigenvalue weighted by molar-refractivity contribution is 5.86. The van der Waals surface area contributed by atoms with Crippen LogP contribution in [0.4, 0.5) is 10.5 Å². The molecule has 0 saturated heterocycles. The molecule has 25 heavy (non-hydrogen) atoms. The molecule has 0 bridgehead atoms. The number of nitrogens with one attached hydrogen (secondary N) is 1. The molecule has 138 valence electrons. The van der Waals surface area contributed by atoms with Gasteiger partial charge in [0.25, 0.3) is 0 Å². The van der Waals surface area contributed by atoms with Gasteiger partial charge in [0.1, 0.15) is 5.78 Å². The number of benzene rings is 1. The second-order valence-electron chi connectivity index (χ2n) is 5.94. The fourth-order valence-corrected chi connectivity index (χ4v) is 2.32. The van der Waals surface area contributed by atoms with Crippen molar-refractivity contribution in [3.63, 3.8) is 0 Å². The molecule has 0 radical (unpaired) electrons. The Hall–Kier alpha value is -2.37. The number of Topliss-reactive ketones (excluding diaryl/α,β-unsaturated/α-hetero) is 1. The molecule has 0 saturated carbocycles. The smallest absolute Gasteiger partial charge is 0.411 e. The zero-order chi connectivity index (χ0) is 18.7. The minimum absolute atomic E-state index is 0.0155. The van der Waals surface area contributed by atoms with Gasteiger partial charge in [-0.2, -0.15) is 0 Å². The fourth-order valence-electron chi connectivity index (χ4n) is 2.32. The number of carbonyl (C=O) groups excluding carboxylic acids is 3. The average Bonchev–Trinajstić information content (AvgIpc) is 2.60. The number of ether oxygens (including phenoxy) is 2. The quantitative estimate of drug-likeness (QED) is 0.514. The lowest BCUT2D eigenvalue weighted by molar-refractivity contribution is -0.146. The van der Waals surface area contributed by atoms with Gasteiger partial charge >= 0.3 is 12.1 Å². The van der Waals surface area contributed by atoms with Gasteiger partial charge < -0.3 is 9.47 Å². The Bertz CT molecular complexity index is 585.